The fourth-order valence-corrected chi connectivity index (χ4v) is 2.75. The average molecular weight is 362 g/mol. The molecule has 26 heavy (non-hydrogen) atoms. The number of benzene rings is 1. The molecule has 0 aromatic heterocycles. The lowest BCUT2D eigenvalue weighted by Gasteiger charge is -2.36. The summed E-state index contributed by atoms with van der Waals surface area (Å²) in [5.41, 5.74) is 1.91. The van der Waals surface area contributed by atoms with Crippen LogP contribution in [0.25, 0.3) is 0 Å². The van der Waals surface area contributed by atoms with Gasteiger partial charge in [-0.2, -0.15) is 0 Å². The molecule has 0 aliphatic carbocycles. The van der Waals surface area contributed by atoms with E-state index in [4.69, 9.17) is 4.74 Å². The van der Waals surface area contributed by atoms with Crippen molar-refractivity contribution < 1.29 is 14.3 Å². The number of carbonyl (C=O) groups is 2. The van der Waals surface area contributed by atoms with Gasteiger partial charge in [0.05, 0.1) is 0 Å². The van der Waals surface area contributed by atoms with Gasteiger partial charge in [0.2, 0.25) is 0 Å². The van der Waals surface area contributed by atoms with Crippen molar-refractivity contribution in [1.82, 2.24) is 15.5 Å². The molecule has 1 aliphatic heterocycles. The second kappa shape index (κ2) is 8.78. The molecule has 1 aliphatic rings. The number of alkyl carbamates (subject to hydrolysis) is 1. The van der Waals surface area contributed by atoms with Crippen LogP contribution in [0.4, 0.5) is 15.3 Å². The summed E-state index contributed by atoms with van der Waals surface area (Å²) < 4.78 is 5.14. The fourth-order valence-electron chi connectivity index (χ4n) is 2.75. The summed E-state index contributed by atoms with van der Waals surface area (Å²) in [4.78, 5) is 27.9. The van der Waals surface area contributed by atoms with Crippen LogP contribution in [0.15, 0.2) is 24.3 Å². The number of ether oxygens (including phenoxy) is 1. The molecular formula is C19H30N4O3. The van der Waals surface area contributed by atoms with Crippen LogP contribution in [-0.4, -0.2) is 61.9 Å². The predicted molar refractivity (Wildman–Crippen MR) is 103 cm³/mol. The second-order valence-electron chi connectivity index (χ2n) is 7.47. The lowest BCUT2D eigenvalue weighted by molar-refractivity contribution is 0.0528. The molecule has 0 bridgehead atoms. The molecule has 1 aromatic carbocycles. The van der Waals surface area contributed by atoms with Crippen molar-refractivity contribution >= 4 is 17.8 Å². The molecule has 7 heteroatoms. The first-order valence-electron chi connectivity index (χ1n) is 9.06. The van der Waals surface area contributed by atoms with E-state index in [1.165, 1.54) is 11.3 Å². The summed E-state index contributed by atoms with van der Waals surface area (Å²) >= 11 is 0. The Bertz CT molecular complexity index is 619. The van der Waals surface area contributed by atoms with E-state index in [0.29, 0.717) is 26.2 Å². The number of urea groups is 1. The van der Waals surface area contributed by atoms with Gasteiger partial charge < -0.3 is 25.2 Å². The molecule has 0 spiro atoms. The van der Waals surface area contributed by atoms with Crippen LogP contribution in [0.3, 0.4) is 0 Å². The Morgan fingerprint density at radius 2 is 1.73 bits per heavy atom. The molecule has 1 aromatic rings. The van der Waals surface area contributed by atoms with Crippen molar-refractivity contribution in [3.8, 4) is 0 Å². The summed E-state index contributed by atoms with van der Waals surface area (Å²) in [5.74, 6) is 0. The zero-order valence-corrected chi connectivity index (χ0v) is 16.2. The van der Waals surface area contributed by atoms with E-state index >= 15 is 0 Å². The average Bonchev–Trinajstić information content (AvgIpc) is 2.57. The SMILES string of the molecule is Cc1cccc(N2CCN(C(=O)NCCNC(=O)OC(C)(C)C)CC2)c1. The first-order chi connectivity index (χ1) is 12.2. The summed E-state index contributed by atoms with van der Waals surface area (Å²) in [7, 11) is 0. The maximum absolute atomic E-state index is 12.2. The predicted octanol–water partition coefficient (Wildman–Crippen LogP) is 2.35. The molecule has 1 fully saturated rings. The van der Waals surface area contributed by atoms with Gasteiger partial charge in [-0.15, -0.1) is 0 Å². The van der Waals surface area contributed by atoms with Gasteiger partial charge in [0.1, 0.15) is 5.60 Å². The molecule has 1 heterocycles. The van der Waals surface area contributed by atoms with Gasteiger partial charge in [0.15, 0.2) is 0 Å². The zero-order valence-electron chi connectivity index (χ0n) is 16.2. The van der Waals surface area contributed by atoms with Crippen molar-refractivity contribution in [2.75, 3.05) is 44.2 Å². The van der Waals surface area contributed by atoms with Crippen molar-refractivity contribution in [3.05, 3.63) is 29.8 Å². The highest BCUT2D eigenvalue weighted by molar-refractivity contribution is 5.74. The van der Waals surface area contributed by atoms with Crippen LogP contribution in [0.2, 0.25) is 0 Å². The van der Waals surface area contributed by atoms with Gasteiger partial charge in [-0.1, -0.05) is 12.1 Å². The highest BCUT2D eigenvalue weighted by atomic mass is 16.6. The quantitative estimate of drug-likeness (QED) is 0.807. The molecule has 144 valence electrons. The van der Waals surface area contributed by atoms with Crippen LogP contribution in [0.5, 0.6) is 0 Å². The zero-order chi connectivity index (χ0) is 19.2. The third-order valence-electron chi connectivity index (χ3n) is 4.00. The number of hydrogen-bond acceptors (Lipinski definition) is 4. The largest absolute Gasteiger partial charge is 0.444 e. The number of carbonyl (C=O) groups excluding carboxylic acids is 2. The number of nitrogens with zero attached hydrogens (tertiary/aromatic N) is 2. The molecule has 0 radical (unpaired) electrons. The minimum Gasteiger partial charge on any atom is -0.444 e. The number of rotatable bonds is 4. The molecule has 2 rings (SSSR count). The van der Waals surface area contributed by atoms with Crippen LogP contribution in [0.1, 0.15) is 26.3 Å². The van der Waals surface area contributed by atoms with Crippen LogP contribution in [-0.2, 0) is 4.74 Å². The van der Waals surface area contributed by atoms with E-state index in [1.807, 2.05) is 20.8 Å². The second-order valence-corrected chi connectivity index (χ2v) is 7.47. The summed E-state index contributed by atoms with van der Waals surface area (Å²) in [6.45, 7) is 11.2. The molecule has 7 nitrogen and oxygen atoms in total. The van der Waals surface area contributed by atoms with E-state index in [2.05, 4.69) is 46.7 Å². The Hall–Kier alpha value is -2.44. The van der Waals surface area contributed by atoms with E-state index in [0.717, 1.165) is 13.1 Å². The Balaban J connectivity index is 1.66. The lowest BCUT2D eigenvalue weighted by atomic mass is 10.2. The van der Waals surface area contributed by atoms with Gasteiger partial charge in [0, 0.05) is 45.0 Å². The Labute approximate surface area is 155 Å². The topological polar surface area (TPSA) is 73.9 Å². The summed E-state index contributed by atoms with van der Waals surface area (Å²) in [5, 5.41) is 5.46. The Morgan fingerprint density at radius 3 is 2.35 bits per heavy atom. The number of aryl methyl sites for hydroxylation is 1. The van der Waals surface area contributed by atoms with Gasteiger partial charge in [0.25, 0.3) is 0 Å². The molecule has 1 saturated heterocycles. The monoisotopic (exact) mass is 362 g/mol. The molecule has 2 N–H and O–H groups in total. The van der Waals surface area contributed by atoms with Crippen molar-refractivity contribution in [1.29, 1.82) is 0 Å². The third-order valence-corrected chi connectivity index (χ3v) is 4.00. The fraction of sp³-hybridized carbons (Fsp3) is 0.579. The van der Waals surface area contributed by atoms with E-state index < -0.39 is 11.7 Å². The van der Waals surface area contributed by atoms with Crippen LogP contribution >= 0.6 is 0 Å². The number of amides is 3. The van der Waals surface area contributed by atoms with E-state index in [1.54, 1.807) is 4.90 Å². The first kappa shape index (κ1) is 19.9. The Morgan fingerprint density at radius 1 is 1.08 bits per heavy atom. The maximum Gasteiger partial charge on any atom is 0.407 e. The molecule has 0 unspecified atom stereocenters. The summed E-state index contributed by atoms with van der Waals surface area (Å²) in [6, 6.07) is 8.31. The van der Waals surface area contributed by atoms with E-state index in [-0.39, 0.29) is 6.03 Å². The van der Waals surface area contributed by atoms with Crippen molar-refractivity contribution in [3.63, 3.8) is 0 Å². The molecule has 0 atom stereocenters. The number of hydrogen-bond donors (Lipinski definition) is 2. The minimum atomic E-state index is -0.524. The maximum atomic E-state index is 12.2. The Kier molecular flexibility index (Phi) is 6.71. The molecule has 3 amide bonds. The normalized spacial score (nSPS) is 14.8. The van der Waals surface area contributed by atoms with Gasteiger partial charge >= 0.3 is 12.1 Å². The van der Waals surface area contributed by atoms with Crippen molar-refractivity contribution in [2.24, 2.45) is 0 Å². The third kappa shape index (κ3) is 6.46. The number of nitrogens with one attached hydrogen (secondary N) is 2. The lowest BCUT2D eigenvalue weighted by Crippen LogP contribution is -2.52. The van der Waals surface area contributed by atoms with Crippen LogP contribution in [0, 0.1) is 6.92 Å². The van der Waals surface area contributed by atoms with Gasteiger partial charge in [-0.3, -0.25) is 0 Å². The van der Waals surface area contributed by atoms with Crippen molar-refractivity contribution in [2.45, 2.75) is 33.3 Å². The van der Waals surface area contributed by atoms with Crippen LogP contribution < -0.4 is 15.5 Å². The minimum absolute atomic E-state index is 0.0973. The molecular weight excluding hydrogens is 332 g/mol. The number of piperazine rings is 1. The smallest absolute Gasteiger partial charge is 0.407 e. The van der Waals surface area contributed by atoms with E-state index in [9.17, 15) is 9.59 Å². The highest BCUT2D eigenvalue weighted by Gasteiger charge is 2.21. The van der Waals surface area contributed by atoms with Gasteiger partial charge in [-0.25, -0.2) is 9.59 Å². The highest BCUT2D eigenvalue weighted by Crippen LogP contribution is 2.17. The van der Waals surface area contributed by atoms with Gasteiger partial charge in [-0.05, 0) is 45.4 Å². The molecule has 0 saturated carbocycles. The number of anilines is 1. The summed E-state index contributed by atoms with van der Waals surface area (Å²) in [6.07, 6.45) is -0.474. The first-order valence-corrected chi connectivity index (χ1v) is 9.06. The standard InChI is InChI=1S/C19H30N4O3/c1-15-6-5-7-16(14-15)22-10-12-23(13-11-22)17(24)20-8-9-21-18(25)26-19(2,3)4/h5-7,14H,8-13H2,1-4H3,(H,20,24)(H,21,25).